The highest BCUT2D eigenvalue weighted by atomic mass is 32.2. The second-order valence-electron chi connectivity index (χ2n) is 9.42. The first kappa shape index (κ1) is 23.3. The highest BCUT2D eigenvalue weighted by molar-refractivity contribution is 7.89. The SMILES string of the molecule is O=C(C[C@@H]1C[C@H]2CC[C@H]1C2)Nc1cc(S(=O)(=O)N2CCOCC2)ccc1Oc1ccc(F)cc1. The Kier molecular flexibility index (Phi) is 6.59. The number of hydrogen-bond acceptors (Lipinski definition) is 5. The molecule has 1 N–H and O–H groups in total. The zero-order chi connectivity index (χ0) is 23.7. The Morgan fingerprint density at radius 1 is 1.09 bits per heavy atom. The third-order valence-corrected chi connectivity index (χ3v) is 9.10. The molecule has 9 heteroatoms. The molecule has 7 nitrogen and oxygen atoms in total. The summed E-state index contributed by atoms with van der Waals surface area (Å²) in [4.78, 5) is 13.0. The minimum Gasteiger partial charge on any atom is -0.455 e. The molecule has 0 spiro atoms. The maximum Gasteiger partial charge on any atom is 0.243 e. The molecule has 2 aromatic rings. The van der Waals surface area contributed by atoms with Crippen LogP contribution < -0.4 is 10.1 Å². The number of halogens is 1. The number of nitrogens with zero attached hydrogens (tertiary/aromatic N) is 1. The van der Waals surface area contributed by atoms with Gasteiger partial charge in [0, 0.05) is 19.5 Å². The van der Waals surface area contributed by atoms with Crippen molar-refractivity contribution in [1.29, 1.82) is 0 Å². The topological polar surface area (TPSA) is 84.9 Å². The number of hydrogen-bond donors (Lipinski definition) is 1. The van der Waals surface area contributed by atoms with E-state index in [0.29, 0.717) is 43.0 Å². The van der Waals surface area contributed by atoms with Crippen LogP contribution in [0.2, 0.25) is 0 Å². The predicted molar refractivity (Wildman–Crippen MR) is 125 cm³/mol. The van der Waals surface area contributed by atoms with Crippen molar-refractivity contribution in [2.75, 3.05) is 31.6 Å². The van der Waals surface area contributed by atoms with E-state index in [-0.39, 0.29) is 29.6 Å². The number of carbonyl (C=O) groups excluding carboxylic acids is 1. The maximum absolute atomic E-state index is 13.3. The van der Waals surface area contributed by atoms with E-state index < -0.39 is 15.8 Å². The van der Waals surface area contributed by atoms with Crippen LogP contribution in [0, 0.1) is 23.6 Å². The lowest BCUT2D eigenvalue weighted by Gasteiger charge is -2.26. The largest absolute Gasteiger partial charge is 0.455 e. The molecule has 1 saturated heterocycles. The molecule has 5 rings (SSSR count). The number of anilines is 1. The third kappa shape index (κ3) is 4.96. The van der Waals surface area contributed by atoms with Gasteiger partial charge in [0.25, 0.3) is 0 Å². The van der Waals surface area contributed by atoms with Gasteiger partial charge in [-0.15, -0.1) is 0 Å². The molecule has 182 valence electrons. The first-order valence-electron chi connectivity index (χ1n) is 11.8. The minimum absolute atomic E-state index is 0.0797. The van der Waals surface area contributed by atoms with Gasteiger partial charge in [0.15, 0.2) is 5.75 Å². The molecular weight excluding hydrogens is 459 g/mol. The molecule has 1 heterocycles. The quantitative estimate of drug-likeness (QED) is 0.624. The van der Waals surface area contributed by atoms with Crippen LogP contribution >= 0.6 is 0 Å². The lowest BCUT2D eigenvalue weighted by molar-refractivity contribution is -0.117. The van der Waals surface area contributed by atoms with E-state index in [1.807, 2.05) is 0 Å². The first-order valence-corrected chi connectivity index (χ1v) is 13.3. The smallest absolute Gasteiger partial charge is 0.243 e. The summed E-state index contributed by atoms with van der Waals surface area (Å²) in [7, 11) is -3.75. The van der Waals surface area contributed by atoms with Gasteiger partial charge >= 0.3 is 0 Å². The minimum atomic E-state index is -3.75. The van der Waals surface area contributed by atoms with Gasteiger partial charge in [0.05, 0.1) is 23.8 Å². The number of carbonyl (C=O) groups is 1. The molecule has 2 aliphatic carbocycles. The molecule has 1 aliphatic heterocycles. The van der Waals surface area contributed by atoms with E-state index in [0.717, 1.165) is 12.3 Å². The summed E-state index contributed by atoms with van der Waals surface area (Å²) in [5.41, 5.74) is 0.284. The fourth-order valence-corrected chi connectivity index (χ4v) is 6.92. The number of rotatable bonds is 7. The van der Waals surface area contributed by atoms with Gasteiger partial charge in [-0.1, -0.05) is 6.42 Å². The maximum atomic E-state index is 13.3. The van der Waals surface area contributed by atoms with Crippen molar-refractivity contribution in [2.24, 2.45) is 17.8 Å². The Balaban J connectivity index is 1.39. The van der Waals surface area contributed by atoms with Crippen LogP contribution in [0.4, 0.5) is 10.1 Å². The molecule has 3 fully saturated rings. The van der Waals surface area contributed by atoms with Gasteiger partial charge < -0.3 is 14.8 Å². The van der Waals surface area contributed by atoms with E-state index in [1.54, 1.807) is 0 Å². The summed E-state index contributed by atoms with van der Waals surface area (Å²) in [6, 6.07) is 9.96. The summed E-state index contributed by atoms with van der Waals surface area (Å²) in [5.74, 6) is 1.87. The molecule has 0 unspecified atom stereocenters. The molecule has 2 aromatic carbocycles. The summed E-state index contributed by atoms with van der Waals surface area (Å²) >= 11 is 0. The number of sulfonamides is 1. The van der Waals surface area contributed by atoms with Crippen molar-refractivity contribution in [1.82, 2.24) is 4.31 Å². The van der Waals surface area contributed by atoms with Gasteiger partial charge in [-0.25, -0.2) is 12.8 Å². The second-order valence-corrected chi connectivity index (χ2v) is 11.4. The Labute approximate surface area is 199 Å². The number of benzene rings is 2. The van der Waals surface area contributed by atoms with Crippen LogP contribution in [0.5, 0.6) is 11.5 Å². The molecule has 0 aromatic heterocycles. The third-order valence-electron chi connectivity index (χ3n) is 7.21. The fourth-order valence-electron chi connectivity index (χ4n) is 5.49. The summed E-state index contributed by atoms with van der Waals surface area (Å²) in [6.45, 7) is 1.25. The van der Waals surface area contributed by atoms with Crippen LogP contribution in [0.15, 0.2) is 47.4 Å². The van der Waals surface area contributed by atoms with E-state index in [9.17, 15) is 17.6 Å². The summed E-state index contributed by atoms with van der Waals surface area (Å²) in [5, 5.41) is 2.90. The highest BCUT2D eigenvalue weighted by Crippen LogP contribution is 2.49. The van der Waals surface area contributed by atoms with Crippen LogP contribution in [0.3, 0.4) is 0 Å². The predicted octanol–water partition coefficient (Wildman–Crippen LogP) is 4.40. The molecule has 34 heavy (non-hydrogen) atoms. The monoisotopic (exact) mass is 488 g/mol. The molecule has 3 atom stereocenters. The van der Waals surface area contributed by atoms with Gasteiger partial charge in [-0.2, -0.15) is 4.31 Å². The van der Waals surface area contributed by atoms with Crippen LogP contribution in [-0.4, -0.2) is 44.9 Å². The molecule has 0 radical (unpaired) electrons. The number of amides is 1. The van der Waals surface area contributed by atoms with Crippen LogP contribution in [0.25, 0.3) is 0 Å². The zero-order valence-corrected chi connectivity index (χ0v) is 19.7. The normalized spacial score (nSPS) is 24.8. The van der Waals surface area contributed by atoms with E-state index >= 15 is 0 Å². The molecular formula is C25H29FN2O5S. The zero-order valence-electron chi connectivity index (χ0n) is 18.9. The standard InChI is InChI=1S/C25H29FN2O5S/c26-20-3-5-21(6-4-20)33-24-8-7-22(34(30,31)28-9-11-32-12-10-28)16-23(24)27-25(29)15-19-14-17-1-2-18(19)13-17/h3-8,16-19H,1-2,9-15H2,(H,27,29)/t17-,18-,19-/m0/s1. The molecule has 1 amide bonds. The van der Waals surface area contributed by atoms with E-state index in [1.165, 1.54) is 66.0 Å². The Hall–Kier alpha value is -2.49. The number of fused-ring (bicyclic) bond motifs is 2. The van der Waals surface area contributed by atoms with Crippen molar-refractivity contribution in [2.45, 2.75) is 37.0 Å². The summed E-state index contributed by atoms with van der Waals surface area (Å²) < 4.78 is 52.2. The molecule has 3 aliphatic rings. The number of nitrogens with one attached hydrogen (secondary N) is 1. The van der Waals surface area contributed by atoms with E-state index in [4.69, 9.17) is 9.47 Å². The summed E-state index contributed by atoms with van der Waals surface area (Å²) in [6.07, 6.45) is 5.17. The number of morpholine rings is 1. The average Bonchev–Trinajstić information content (AvgIpc) is 3.45. The van der Waals surface area contributed by atoms with Crippen LogP contribution in [0.1, 0.15) is 32.1 Å². The Morgan fingerprint density at radius 2 is 1.85 bits per heavy atom. The lowest BCUT2D eigenvalue weighted by atomic mass is 9.86. The van der Waals surface area contributed by atoms with Crippen molar-refractivity contribution in [3.8, 4) is 11.5 Å². The van der Waals surface area contributed by atoms with Crippen molar-refractivity contribution in [3.05, 3.63) is 48.3 Å². The van der Waals surface area contributed by atoms with Gasteiger partial charge in [0.2, 0.25) is 15.9 Å². The van der Waals surface area contributed by atoms with Crippen LogP contribution in [-0.2, 0) is 19.6 Å². The van der Waals surface area contributed by atoms with E-state index in [2.05, 4.69) is 5.32 Å². The second kappa shape index (κ2) is 9.64. The molecule has 2 saturated carbocycles. The fraction of sp³-hybridized carbons (Fsp3) is 0.480. The van der Waals surface area contributed by atoms with Gasteiger partial charge in [-0.3, -0.25) is 4.79 Å². The van der Waals surface area contributed by atoms with Crippen molar-refractivity contribution < 1.29 is 27.1 Å². The lowest BCUT2D eigenvalue weighted by Crippen LogP contribution is -2.40. The van der Waals surface area contributed by atoms with Gasteiger partial charge in [0.1, 0.15) is 11.6 Å². The molecule has 2 bridgehead atoms. The average molecular weight is 489 g/mol. The number of ether oxygens (including phenoxy) is 2. The van der Waals surface area contributed by atoms with Gasteiger partial charge in [-0.05, 0) is 79.5 Å². The van der Waals surface area contributed by atoms with Crippen molar-refractivity contribution in [3.63, 3.8) is 0 Å². The first-order chi connectivity index (χ1) is 16.4. The Morgan fingerprint density at radius 3 is 2.53 bits per heavy atom. The highest BCUT2D eigenvalue weighted by Gasteiger charge is 2.40. The van der Waals surface area contributed by atoms with Crippen molar-refractivity contribution >= 4 is 21.6 Å². The Bertz CT molecular complexity index is 1150.